The van der Waals surface area contributed by atoms with Gasteiger partial charge in [0.2, 0.25) is 0 Å². The Balaban J connectivity index is 1.74. The third-order valence-corrected chi connectivity index (χ3v) is 8.45. The average molecular weight is 319 g/mol. The van der Waals surface area contributed by atoms with Crippen molar-refractivity contribution >= 4 is 23.5 Å². The molecule has 21 heavy (non-hydrogen) atoms. The third-order valence-electron chi connectivity index (χ3n) is 5.12. The summed E-state index contributed by atoms with van der Waals surface area (Å²) in [6.45, 7) is 2.46. The lowest BCUT2D eigenvalue weighted by Gasteiger charge is -2.42. The largest absolute Gasteiger partial charge is 0.497 e. The second-order valence-electron chi connectivity index (χ2n) is 6.45. The molecule has 3 aliphatic rings. The highest BCUT2D eigenvalue weighted by atomic mass is 32.2. The number of hydrogen-bond acceptors (Lipinski definition) is 3. The molecule has 3 heteroatoms. The van der Waals surface area contributed by atoms with Crippen LogP contribution >= 0.6 is 23.5 Å². The van der Waals surface area contributed by atoms with Crippen molar-refractivity contribution in [2.75, 3.05) is 18.6 Å². The van der Waals surface area contributed by atoms with Crippen molar-refractivity contribution in [2.24, 2.45) is 5.92 Å². The van der Waals surface area contributed by atoms with E-state index < -0.39 is 0 Å². The molecule has 0 radical (unpaired) electrons. The Hall–Kier alpha value is -0.540. The van der Waals surface area contributed by atoms with E-state index in [0.29, 0.717) is 10.00 Å². The Morgan fingerprint density at radius 3 is 2.76 bits per heavy atom. The maximum Gasteiger partial charge on any atom is 0.119 e. The Bertz CT molecular complexity index is 587. The molecule has 1 nitrogen and oxygen atoms in total. The van der Waals surface area contributed by atoms with Crippen molar-refractivity contribution in [3.63, 3.8) is 0 Å². The summed E-state index contributed by atoms with van der Waals surface area (Å²) in [5, 5.41) is 0. The molecule has 0 aromatic heterocycles. The zero-order chi connectivity index (χ0) is 14.4. The number of rotatable bonds is 1. The van der Waals surface area contributed by atoms with Crippen LogP contribution in [-0.2, 0) is 6.42 Å². The molecule has 4 rings (SSSR count). The van der Waals surface area contributed by atoms with Gasteiger partial charge >= 0.3 is 0 Å². The van der Waals surface area contributed by atoms with Gasteiger partial charge in [-0.15, -0.1) is 23.5 Å². The highest BCUT2D eigenvalue weighted by Crippen LogP contribution is 2.57. The minimum absolute atomic E-state index is 0.398. The first-order valence-electron chi connectivity index (χ1n) is 7.87. The van der Waals surface area contributed by atoms with Gasteiger partial charge in [0, 0.05) is 17.4 Å². The molecule has 0 bridgehead atoms. The summed E-state index contributed by atoms with van der Waals surface area (Å²) in [5.74, 6) is 5.03. The fraction of sp³-hybridized carbons (Fsp3) is 0.556. The predicted molar refractivity (Wildman–Crippen MR) is 93.6 cm³/mol. The Labute approximate surface area is 135 Å². The Morgan fingerprint density at radius 1 is 1.19 bits per heavy atom. The number of methoxy groups -OCH3 is 1. The molecular formula is C18H22OS2. The number of aryl methyl sites for hydroxylation is 1. The van der Waals surface area contributed by atoms with Crippen LogP contribution in [0.15, 0.2) is 29.8 Å². The number of benzene rings is 1. The lowest BCUT2D eigenvalue weighted by atomic mass is 9.69. The summed E-state index contributed by atoms with van der Waals surface area (Å²) in [6.07, 6.45) is 6.38. The first-order chi connectivity index (χ1) is 10.2. The zero-order valence-corrected chi connectivity index (χ0v) is 14.4. The quantitative estimate of drug-likeness (QED) is 0.684. The zero-order valence-electron chi connectivity index (χ0n) is 12.7. The molecule has 2 aliphatic carbocycles. The van der Waals surface area contributed by atoms with E-state index in [2.05, 4.69) is 54.7 Å². The highest BCUT2D eigenvalue weighted by molar-refractivity contribution is 8.21. The van der Waals surface area contributed by atoms with Gasteiger partial charge in [-0.3, -0.25) is 0 Å². The van der Waals surface area contributed by atoms with Crippen molar-refractivity contribution in [2.45, 2.75) is 36.2 Å². The van der Waals surface area contributed by atoms with E-state index >= 15 is 0 Å². The molecule has 2 atom stereocenters. The summed E-state index contributed by atoms with van der Waals surface area (Å²) in [6, 6.07) is 6.70. The fourth-order valence-electron chi connectivity index (χ4n) is 4.28. The molecule has 1 aromatic rings. The summed E-state index contributed by atoms with van der Waals surface area (Å²) in [5.41, 5.74) is 4.77. The van der Waals surface area contributed by atoms with Gasteiger partial charge in [-0.05, 0) is 48.4 Å². The SMILES string of the molecule is COc1ccc2c(c1)CCC1=CC3(C[C@H](C)C12)SCCS3. The molecule has 1 aromatic carbocycles. The molecule has 0 amide bonds. The van der Waals surface area contributed by atoms with Gasteiger partial charge in [-0.2, -0.15) is 0 Å². The number of hydrogen-bond donors (Lipinski definition) is 0. The number of ether oxygens (including phenoxy) is 1. The van der Waals surface area contributed by atoms with E-state index in [4.69, 9.17) is 4.74 Å². The first-order valence-corrected chi connectivity index (χ1v) is 9.84. The molecule has 1 saturated heterocycles. The highest BCUT2D eigenvalue weighted by Gasteiger charge is 2.43. The third kappa shape index (κ3) is 2.33. The van der Waals surface area contributed by atoms with Crippen LogP contribution < -0.4 is 4.74 Å². The molecule has 1 heterocycles. The smallest absolute Gasteiger partial charge is 0.119 e. The molecule has 0 N–H and O–H groups in total. The minimum Gasteiger partial charge on any atom is -0.497 e. The standard InChI is InChI=1S/C18H22OS2/c1-12-10-18(20-7-8-21-18)11-14-4-3-13-9-15(19-2)5-6-16(13)17(12)14/h5-6,9,11-12,17H,3-4,7-8,10H2,1-2H3/t12-,17?/m0/s1. The van der Waals surface area contributed by atoms with Crippen LogP contribution in [0.1, 0.15) is 36.8 Å². The molecule has 112 valence electrons. The molecule has 1 aliphatic heterocycles. The van der Waals surface area contributed by atoms with Crippen LogP contribution in [0, 0.1) is 5.92 Å². The van der Waals surface area contributed by atoms with Gasteiger partial charge in [0.25, 0.3) is 0 Å². The van der Waals surface area contributed by atoms with Crippen LogP contribution in [0.3, 0.4) is 0 Å². The molecule has 1 spiro atoms. The average Bonchev–Trinajstić information content (AvgIpc) is 2.93. The summed E-state index contributed by atoms with van der Waals surface area (Å²) in [7, 11) is 1.76. The fourth-order valence-corrected chi connectivity index (χ4v) is 7.70. The second kappa shape index (κ2) is 5.27. The monoisotopic (exact) mass is 318 g/mol. The summed E-state index contributed by atoms with van der Waals surface area (Å²) in [4.78, 5) is 0. The van der Waals surface area contributed by atoms with E-state index in [-0.39, 0.29) is 0 Å². The predicted octanol–water partition coefficient (Wildman–Crippen LogP) is 4.87. The molecule has 0 saturated carbocycles. The molecule has 1 fully saturated rings. The van der Waals surface area contributed by atoms with Crippen molar-refractivity contribution in [1.29, 1.82) is 0 Å². The van der Waals surface area contributed by atoms with Gasteiger partial charge in [0.05, 0.1) is 11.2 Å². The molecule has 1 unspecified atom stereocenters. The Morgan fingerprint density at radius 2 is 2.00 bits per heavy atom. The lowest BCUT2D eigenvalue weighted by molar-refractivity contribution is 0.407. The van der Waals surface area contributed by atoms with Crippen LogP contribution in [0.4, 0.5) is 0 Å². The van der Waals surface area contributed by atoms with Gasteiger partial charge in [-0.25, -0.2) is 0 Å². The van der Waals surface area contributed by atoms with Gasteiger partial charge in [-0.1, -0.05) is 24.6 Å². The van der Waals surface area contributed by atoms with Gasteiger partial charge in [0.1, 0.15) is 5.75 Å². The number of fused-ring (bicyclic) bond motifs is 3. The van der Waals surface area contributed by atoms with E-state index in [1.54, 1.807) is 18.2 Å². The topological polar surface area (TPSA) is 9.23 Å². The van der Waals surface area contributed by atoms with Crippen LogP contribution in [0.2, 0.25) is 0 Å². The van der Waals surface area contributed by atoms with Crippen molar-refractivity contribution in [1.82, 2.24) is 0 Å². The van der Waals surface area contributed by atoms with Crippen LogP contribution in [0.5, 0.6) is 5.75 Å². The summed E-state index contributed by atoms with van der Waals surface area (Å²) < 4.78 is 5.80. The second-order valence-corrected chi connectivity index (χ2v) is 9.56. The van der Waals surface area contributed by atoms with Crippen molar-refractivity contribution in [3.8, 4) is 5.75 Å². The van der Waals surface area contributed by atoms with E-state index in [1.807, 2.05) is 0 Å². The van der Waals surface area contributed by atoms with Crippen LogP contribution in [-0.4, -0.2) is 22.7 Å². The number of allylic oxidation sites excluding steroid dienone is 1. The van der Waals surface area contributed by atoms with Crippen molar-refractivity contribution < 1.29 is 4.74 Å². The molecular weight excluding hydrogens is 296 g/mol. The van der Waals surface area contributed by atoms with Gasteiger partial charge < -0.3 is 4.74 Å². The van der Waals surface area contributed by atoms with Gasteiger partial charge in [0.15, 0.2) is 0 Å². The van der Waals surface area contributed by atoms with Crippen molar-refractivity contribution in [3.05, 3.63) is 41.0 Å². The van der Waals surface area contributed by atoms with E-state index in [9.17, 15) is 0 Å². The van der Waals surface area contributed by atoms with E-state index in [0.717, 1.165) is 11.7 Å². The first kappa shape index (κ1) is 14.1. The number of thioether (sulfide) groups is 2. The minimum atomic E-state index is 0.398. The normalized spacial score (nSPS) is 29.7. The van der Waals surface area contributed by atoms with Crippen LogP contribution in [0.25, 0.3) is 0 Å². The Kier molecular flexibility index (Phi) is 3.54. The maximum absolute atomic E-state index is 5.40. The van der Waals surface area contributed by atoms with E-state index in [1.165, 1.54) is 36.3 Å². The summed E-state index contributed by atoms with van der Waals surface area (Å²) >= 11 is 4.36. The maximum atomic E-state index is 5.40. The lowest BCUT2D eigenvalue weighted by Crippen LogP contribution is -2.31.